The van der Waals surface area contributed by atoms with Crippen molar-refractivity contribution >= 4 is 62.8 Å². The highest BCUT2D eigenvalue weighted by Gasteiger charge is 2.44. The average molecular weight is 597 g/mol. The van der Waals surface area contributed by atoms with Gasteiger partial charge in [-0.1, -0.05) is 45.4 Å². The number of carbonyl (C=O) groups is 3. The molecule has 2 atom stereocenters. The number of esters is 1. The number of hydrogen-bond donors (Lipinski definition) is 2. The summed E-state index contributed by atoms with van der Waals surface area (Å²) in [5.41, 5.74) is 0.459. The van der Waals surface area contributed by atoms with Crippen LogP contribution in [0.1, 0.15) is 18.4 Å². The second-order valence-electron chi connectivity index (χ2n) is 7.41. The minimum atomic E-state index is -1.35. The number of allylic oxidation sites excluding steroid dienone is 1. The number of nitriles is 1. The molecule has 36 heavy (non-hydrogen) atoms. The molecule has 2 aromatic rings. The van der Waals surface area contributed by atoms with Crippen molar-refractivity contribution in [3.8, 4) is 11.8 Å². The summed E-state index contributed by atoms with van der Waals surface area (Å²) < 4.78 is 24.8. The lowest BCUT2D eigenvalue weighted by Crippen LogP contribution is -2.44. The second-order valence-corrected chi connectivity index (χ2v) is 9.71. The van der Waals surface area contributed by atoms with Crippen LogP contribution in [0.2, 0.25) is 5.02 Å². The summed E-state index contributed by atoms with van der Waals surface area (Å²) in [6.07, 6.45) is 0. The van der Waals surface area contributed by atoms with Gasteiger partial charge in [-0.25, -0.2) is 4.39 Å². The van der Waals surface area contributed by atoms with Crippen LogP contribution in [0, 0.1) is 23.1 Å². The molecule has 0 fully saturated rings. The molecular weight excluding hydrogens is 577 g/mol. The van der Waals surface area contributed by atoms with E-state index < -0.39 is 35.4 Å². The van der Waals surface area contributed by atoms with Gasteiger partial charge in [-0.3, -0.25) is 14.4 Å². The minimum Gasteiger partial charge on any atom is -0.492 e. The van der Waals surface area contributed by atoms with E-state index in [-0.39, 0.29) is 27.1 Å². The quantitative estimate of drug-likeness (QED) is 0.334. The van der Waals surface area contributed by atoms with Gasteiger partial charge in [-0.2, -0.15) is 5.26 Å². The standard InChI is InChI=1S/C24H20BrClFN3O5S/c1-3-35-18-7-4-12(8-15(18)26)20-14(10-28)23(30-22(32)21(20)24(33)34-2)36-11-19(31)29-17-6-5-13(25)9-16(17)27/h4-9,20-21H,3,11H2,1-2H3,(H,29,31)(H,30,32)/t20-,21+/m1/s1. The Morgan fingerprint density at radius 3 is 2.67 bits per heavy atom. The first-order chi connectivity index (χ1) is 17.2. The van der Waals surface area contributed by atoms with Crippen LogP contribution < -0.4 is 15.4 Å². The third-order valence-electron chi connectivity index (χ3n) is 5.15. The number of anilines is 1. The van der Waals surface area contributed by atoms with Gasteiger partial charge in [0.25, 0.3) is 0 Å². The normalized spacial score (nSPS) is 17.2. The van der Waals surface area contributed by atoms with E-state index in [1.165, 1.54) is 18.2 Å². The van der Waals surface area contributed by atoms with Crippen molar-refractivity contribution in [2.45, 2.75) is 12.8 Å². The maximum atomic E-state index is 14.0. The highest BCUT2D eigenvalue weighted by atomic mass is 79.9. The molecule has 2 N–H and O–H groups in total. The number of thioether (sulfide) groups is 1. The molecule has 2 amide bonds. The van der Waals surface area contributed by atoms with Crippen LogP contribution in [-0.4, -0.2) is 37.3 Å². The van der Waals surface area contributed by atoms with Crippen LogP contribution in [0.15, 0.2) is 51.5 Å². The number of rotatable bonds is 8. The van der Waals surface area contributed by atoms with Crippen LogP contribution in [0.5, 0.6) is 5.75 Å². The Morgan fingerprint density at radius 1 is 1.31 bits per heavy atom. The number of methoxy groups -OCH3 is 1. The summed E-state index contributed by atoms with van der Waals surface area (Å²) in [5.74, 6) is -4.91. The van der Waals surface area contributed by atoms with Crippen molar-refractivity contribution in [1.82, 2.24) is 5.32 Å². The number of benzene rings is 2. The van der Waals surface area contributed by atoms with E-state index >= 15 is 0 Å². The molecule has 1 aliphatic rings. The van der Waals surface area contributed by atoms with E-state index in [0.717, 1.165) is 18.9 Å². The van der Waals surface area contributed by atoms with Gasteiger partial charge in [-0.15, -0.1) is 0 Å². The number of nitrogens with zero attached hydrogens (tertiary/aromatic N) is 1. The SMILES string of the molecule is CCOc1ccc([C@@H]2C(C#N)=C(SCC(=O)Nc3ccc(Br)cc3F)NC(=O)[C@H]2C(=O)OC)cc1Cl. The average Bonchev–Trinajstić information content (AvgIpc) is 2.84. The van der Waals surface area contributed by atoms with Crippen molar-refractivity contribution in [2.24, 2.45) is 5.92 Å². The summed E-state index contributed by atoms with van der Waals surface area (Å²) in [6.45, 7) is 2.18. The maximum Gasteiger partial charge on any atom is 0.319 e. The first-order valence-electron chi connectivity index (χ1n) is 10.5. The summed E-state index contributed by atoms with van der Waals surface area (Å²) in [6, 6.07) is 10.9. The Kier molecular flexibility index (Phi) is 9.37. The first kappa shape index (κ1) is 27.5. The van der Waals surface area contributed by atoms with E-state index in [9.17, 15) is 24.0 Å². The van der Waals surface area contributed by atoms with Crippen molar-refractivity contribution < 1.29 is 28.2 Å². The zero-order chi connectivity index (χ0) is 26.4. The molecule has 3 rings (SSSR count). The smallest absolute Gasteiger partial charge is 0.319 e. The Bertz CT molecular complexity index is 1280. The highest BCUT2D eigenvalue weighted by molar-refractivity contribution is 9.10. The largest absolute Gasteiger partial charge is 0.492 e. The molecule has 188 valence electrons. The van der Waals surface area contributed by atoms with E-state index in [1.54, 1.807) is 25.1 Å². The van der Waals surface area contributed by atoms with Crippen LogP contribution in [0.3, 0.4) is 0 Å². The summed E-state index contributed by atoms with van der Waals surface area (Å²) >= 11 is 10.3. The van der Waals surface area contributed by atoms with Crippen LogP contribution in [0.25, 0.3) is 0 Å². The fourth-order valence-electron chi connectivity index (χ4n) is 3.58. The third kappa shape index (κ3) is 6.19. The highest BCUT2D eigenvalue weighted by Crippen LogP contribution is 2.42. The lowest BCUT2D eigenvalue weighted by molar-refractivity contribution is -0.150. The van der Waals surface area contributed by atoms with Gasteiger partial charge in [0.1, 0.15) is 17.5 Å². The van der Waals surface area contributed by atoms with Gasteiger partial charge >= 0.3 is 5.97 Å². The molecule has 0 spiro atoms. The molecule has 1 heterocycles. The number of ether oxygens (including phenoxy) is 2. The zero-order valence-corrected chi connectivity index (χ0v) is 22.2. The Labute approximate surface area is 224 Å². The first-order valence-corrected chi connectivity index (χ1v) is 12.7. The topological polar surface area (TPSA) is 118 Å². The van der Waals surface area contributed by atoms with Crippen LogP contribution in [-0.2, 0) is 19.1 Å². The summed E-state index contributed by atoms with van der Waals surface area (Å²) in [7, 11) is 1.14. The van der Waals surface area contributed by atoms with Crippen molar-refractivity contribution in [3.05, 3.63) is 67.9 Å². The molecular formula is C24H20BrClFN3O5S. The number of carbonyl (C=O) groups excluding carboxylic acids is 3. The van der Waals surface area contributed by atoms with Crippen LogP contribution >= 0.6 is 39.3 Å². The number of nitrogens with one attached hydrogen (secondary N) is 2. The third-order valence-corrected chi connectivity index (χ3v) is 6.96. The minimum absolute atomic E-state index is 0.0152. The number of amides is 2. The summed E-state index contributed by atoms with van der Waals surface area (Å²) in [4.78, 5) is 37.9. The summed E-state index contributed by atoms with van der Waals surface area (Å²) in [5, 5.41) is 15.3. The van der Waals surface area contributed by atoms with Gasteiger partial charge in [-0.05, 0) is 42.8 Å². The molecule has 0 radical (unpaired) electrons. The zero-order valence-electron chi connectivity index (χ0n) is 19.1. The lowest BCUT2D eigenvalue weighted by atomic mass is 9.78. The fraction of sp³-hybridized carbons (Fsp3) is 0.250. The molecule has 0 saturated heterocycles. The molecule has 2 aromatic carbocycles. The van der Waals surface area contributed by atoms with Gasteiger partial charge in [0.15, 0.2) is 0 Å². The van der Waals surface area contributed by atoms with Gasteiger partial charge in [0.2, 0.25) is 11.8 Å². The Balaban J connectivity index is 1.92. The molecule has 1 aliphatic heterocycles. The maximum absolute atomic E-state index is 14.0. The fourth-order valence-corrected chi connectivity index (χ4v) is 5.00. The monoisotopic (exact) mass is 595 g/mol. The molecule has 0 unspecified atom stereocenters. The van der Waals surface area contributed by atoms with Gasteiger partial charge in [0, 0.05) is 10.4 Å². The molecule has 0 saturated carbocycles. The Hall–Kier alpha value is -3.07. The molecule has 8 nitrogen and oxygen atoms in total. The molecule has 0 aliphatic carbocycles. The van der Waals surface area contributed by atoms with Crippen molar-refractivity contribution in [3.63, 3.8) is 0 Å². The molecule has 0 aromatic heterocycles. The number of halogens is 3. The van der Waals surface area contributed by atoms with E-state index in [0.29, 0.717) is 22.4 Å². The van der Waals surface area contributed by atoms with Gasteiger partial charge < -0.3 is 20.1 Å². The van der Waals surface area contributed by atoms with Gasteiger partial charge in [0.05, 0.1) is 46.9 Å². The van der Waals surface area contributed by atoms with E-state index in [1.807, 2.05) is 6.07 Å². The van der Waals surface area contributed by atoms with Crippen LogP contribution in [0.4, 0.5) is 10.1 Å². The Morgan fingerprint density at radius 2 is 2.06 bits per heavy atom. The molecule has 0 bridgehead atoms. The lowest BCUT2D eigenvalue weighted by Gasteiger charge is -2.31. The predicted octanol–water partition coefficient (Wildman–Crippen LogP) is 4.75. The second kappa shape index (κ2) is 12.3. The van der Waals surface area contributed by atoms with E-state index in [2.05, 4.69) is 26.6 Å². The van der Waals surface area contributed by atoms with E-state index in [4.69, 9.17) is 21.1 Å². The molecule has 12 heteroatoms. The number of hydrogen-bond acceptors (Lipinski definition) is 7. The van der Waals surface area contributed by atoms with Crippen molar-refractivity contribution in [2.75, 3.05) is 24.8 Å². The predicted molar refractivity (Wildman–Crippen MR) is 137 cm³/mol. The van der Waals surface area contributed by atoms with Crippen molar-refractivity contribution in [1.29, 1.82) is 5.26 Å².